The number of benzene rings is 2. The molecular weight excluding hydrogens is 492 g/mol. The van der Waals surface area contributed by atoms with E-state index < -0.39 is 23.9 Å². The van der Waals surface area contributed by atoms with Crippen LogP contribution in [0.4, 0.5) is 11.4 Å². The molecule has 0 spiro atoms. The highest BCUT2D eigenvalue weighted by atomic mass is 16.2. The van der Waals surface area contributed by atoms with E-state index in [4.69, 9.17) is 0 Å². The maximum absolute atomic E-state index is 12.5. The Labute approximate surface area is 218 Å². The van der Waals surface area contributed by atoms with Gasteiger partial charge in [0.15, 0.2) is 0 Å². The molecule has 12 nitrogen and oxygen atoms in total. The largest absolute Gasteiger partial charge is 0.291 e. The lowest BCUT2D eigenvalue weighted by Gasteiger charge is -2.16. The quantitative estimate of drug-likeness (QED) is 0.189. The van der Waals surface area contributed by atoms with Crippen LogP contribution in [-0.4, -0.2) is 47.5 Å². The van der Waals surface area contributed by atoms with E-state index in [1.165, 1.54) is 0 Å². The number of rotatable bonds is 11. The summed E-state index contributed by atoms with van der Waals surface area (Å²) in [6, 6.07) is 15.4. The molecular formula is C26H28N6O6. The Morgan fingerprint density at radius 2 is 1.00 bits per heavy atom. The zero-order valence-electron chi connectivity index (χ0n) is 20.5. The van der Waals surface area contributed by atoms with Crippen molar-refractivity contribution in [1.29, 1.82) is 0 Å². The first-order valence-corrected chi connectivity index (χ1v) is 12.3. The van der Waals surface area contributed by atoms with Crippen LogP contribution >= 0.6 is 0 Å². The number of imide groups is 2. The topological polar surface area (TPSA) is 157 Å². The van der Waals surface area contributed by atoms with Crippen LogP contribution in [0, 0.1) is 0 Å². The third-order valence-corrected chi connectivity index (χ3v) is 6.15. The van der Waals surface area contributed by atoms with Gasteiger partial charge in [0, 0.05) is 12.8 Å². The molecule has 4 N–H and O–H groups in total. The van der Waals surface area contributed by atoms with Gasteiger partial charge in [-0.05, 0) is 37.1 Å². The average Bonchev–Trinajstić information content (AvgIpc) is 3.37. The van der Waals surface area contributed by atoms with E-state index in [2.05, 4.69) is 21.7 Å². The molecule has 2 saturated heterocycles. The minimum absolute atomic E-state index is 0.0701. The lowest BCUT2D eigenvalue weighted by Crippen LogP contribution is -2.48. The van der Waals surface area contributed by atoms with Gasteiger partial charge in [0.05, 0.1) is 24.2 Å². The predicted molar refractivity (Wildman–Crippen MR) is 136 cm³/mol. The highest BCUT2D eigenvalue weighted by Gasteiger charge is 2.40. The summed E-state index contributed by atoms with van der Waals surface area (Å²) in [6.45, 7) is 0. The van der Waals surface area contributed by atoms with Crippen molar-refractivity contribution in [2.75, 3.05) is 9.80 Å². The number of para-hydroxylation sites is 2. The molecule has 2 aromatic carbocycles. The number of anilines is 2. The number of carbonyl (C=O) groups excluding carboxylic acids is 6. The number of amides is 6. The monoisotopic (exact) mass is 520 g/mol. The van der Waals surface area contributed by atoms with E-state index in [1.54, 1.807) is 60.7 Å². The summed E-state index contributed by atoms with van der Waals surface area (Å²) < 4.78 is 0. The molecule has 2 atom stereocenters. The Morgan fingerprint density at radius 3 is 1.37 bits per heavy atom. The Kier molecular flexibility index (Phi) is 8.56. The first-order chi connectivity index (χ1) is 18.3. The molecule has 2 aliphatic heterocycles. The predicted octanol–water partition coefficient (Wildman–Crippen LogP) is 0.453. The van der Waals surface area contributed by atoms with E-state index >= 15 is 0 Å². The van der Waals surface area contributed by atoms with Crippen LogP contribution in [0.1, 0.15) is 38.5 Å². The molecule has 2 aromatic rings. The molecule has 0 unspecified atom stereocenters. The van der Waals surface area contributed by atoms with Crippen LogP contribution in [0.3, 0.4) is 0 Å². The van der Waals surface area contributed by atoms with Crippen molar-refractivity contribution in [3.63, 3.8) is 0 Å². The molecule has 0 radical (unpaired) electrons. The van der Waals surface area contributed by atoms with Crippen molar-refractivity contribution < 1.29 is 28.8 Å². The van der Waals surface area contributed by atoms with Gasteiger partial charge in [-0.15, -0.1) is 0 Å². The first-order valence-electron chi connectivity index (χ1n) is 12.3. The number of nitrogens with zero attached hydrogens (tertiary/aromatic N) is 2. The molecule has 0 aromatic heterocycles. The second-order valence-corrected chi connectivity index (χ2v) is 8.91. The van der Waals surface area contributed by atoms with Crippen LogP contribution in [0.25, 0.3) is 0 Å². The second-order valence-electron chi connectivity index (χ2n) is 8.91. The fraction of sp³-hybridized carbons (Fsp3) is 0.308. The van der Waals surface area contributed by atoms with Crippen molar-refractivity contribution in [1.82, 2.24) is 21.7 Å². The van der Waals surface area contributed by atoms with Gasteiger partial charge in [0.25, 0.3) is 11.8 Å². The minimum atomic E-state index is -0.855. The SMILES string of the molecule is O=C(CCCCC(=O)NN[C@@H]1CC(=O)N(c2ccccc2)C1=O)NN[C@@H]1CC(=O)N(c2ccccc2)C1=O. The Morgan fingerprint density at radius 1 is 0.632 bits per heavy atom. The van der Waals surface area contributed by atoms with Crippen molar-refractivity contribution in [3.8, 4) is 0 Å². The van der Waals surface area contributed by atoms with Crippen molar-refractivity contribution in [3.05, 3.63) is 60.7 Å². The normalized spacial score (nSPS) is 19.3. The van der Waals surface area contributed by atoms with E-state index in [0.29, 0.717) is 24.2 Å². The zero-order valence-corrected chi connectivity index (χ0v) is 20.5. The summed E-state index contributed by atoms with van der Waals surface area (Å²) in [5.74, 6) is -2.36. The standard InChI is InChI=1S/C26H28N6O6/c33-21(29-27-19-15-23(35)31(25(19)37)17-9-3-1-4-10-17)13-7-8-14-22(34)30-28-20-16-24(36)32(26(20)38)18-11-5-2-6-12-18/h1-6,9-12,19-20,27-28H,7-8,13-16H2,(H,29,33)(H,30,34)/t19-,20-/m1/s1. The van der Waals surface area contributed by atoms with Crippen molar-refractivity contribution in [2.24, 2.45) is 0 Å². The summed E-state index contributed by atoms with van der Waals surface area (Å²) in [5.41, 5.74) is 11.1. The van der Waals surface area contributed by atoms with E-state index in [0.717, 1.165) is 9.80 Å². The van der Waals surface area contributed by atoms with Gasteiger partial charge in [0.1, 0.15) is 12.1 Å². The second kappa shape index (κ2) is 12.2. The molecule has 0 bridgehead atoms. The van der Waals surface area contributed by atoms with E-state index in [-0.39, 0.29) is 49.3 Å². The molecule has 2 heterocycles. The average molecular weight is 521 g/mol. The minimum Gasteiger partial charge on any atom is -0.291 e. The first kappa shape index (κ1) is 26.6. The maximum atomic E-state index is 12.5. The molecule has 0 aliphatic carbocycles. The van der Waals surface area contributed by atoms with Gasteiger partial charge >= 0.3 is 0 Å². The Bertz CT molecular complexity index is 1130. The van der Waals surface area contributed by atoms with Crippen molar-refractivity contribution in [2.45, 2.75) is 50.6 Å². The summed E-state index contributed by atoms with van der Waals surface area (Å²) >= 11 is 0. The molecule has 38 heavy (non-hydrogen) atoms. The summed E-state index contributed by atoms with van der Waals surface area (Å²) in [7, 11) is 0. The molecule has 0 saturated carbocycles. The van der Waals surface area contributed by atoms with Gasteiger partial charge in [-0.3, -0.25) is 39.6 Å². The molecule has 6 amide bonds. The number of hydrazine groups is 2. The molecule has 4 rings (SSSR count). The lowest BCUT2D eigenvalue weighted by atomic mass is 10.2. The van der Waals surface area contributed by atoms with Gasteiger partial charge in [-0.25, -0.2) is 20.7 Å². The zero-order chi connectivity index (χ0) is 27.1. The molecule has 198 valence electrons. The van der Waals surface area contributed by atoms with Gasteiger partial charge in [-0.1, -0.05) is 36.4 Å². The number of carbonyl (C=O) groups is 6. The van der Waals surface area contributed by atoms with Gasteiger partial charge in [0.2, 0.25) is 23.6 Å². The molecule has 12 heteroatoms. The number of nitrogens with one attached hydrogen (secondary N) is 4. The number of hydrogen-bond acceptors (Lipinski definition) is 8. The van der Waals surface area contributed by atoms with Crippen LogP contribution in [-0.2, 0) is 28.8 Å². The van der Waals surface area contributed by atoms with E-state index in [1.807, 2.05) is 0 Å². The van der Waals surface area contributed by atoms with Crippen LogP contribution in [0.2, 0.25) is 0 Å². The van der Waals surface area contributed by atoms with Crippen LogP contribution in [0.15, 0.2) is 60.7 Å². The summed E-state index contributed by atoms with van der Waals surface area (Å²) in [5, 5.41) is 0. The maximum Gasteiger partial charge on any atom is 0.253 e. The third-order valence-electron chi connectivity index (χ3n) is 6.15. The summed E-state index contributed by atoms with van der Waals surface area (Å²) in [4.78, 5) is 76.0. The highest BCUT2D eigenvalue weighted by molar-refractivity contribution is 6.23. The van der Waals surface area contributed by atoms with Crippen molar-refractivity contribution >= 4 is 46.8 Å². The molecule has 2 fully saturated rings. The molecule has 2 aliphatic rings. The van der Waals surface area contributed by atoms with Gasteiger partial charge < -0.3 is 0 Å². The Hall–Kier alpha value is -4.42. The summed E-state index contributed by atoms with van der Waals surface area (Å²) in [6.07, 6.45) is 0.868. The van der Waals surface area contributed by atoms with Gasteiger partial charge in [-0.2, -0.15) is 0 Å². The highest BCUT2D eigenvalue weighted by Crippen LogP contribution is 2.23. The fourth-order valence-electron chi connectivity index (χ4n) is 4.22. The smallest absolute Gasteiger partial charge is 0.253 e. The lowest BCUT2D eigenvalue weighted by molar-refractivity contribution is -0.126. The number of hydrogen-bond donors (Lipinski definition) is 4. The van der Waals surface area contributed by atoms with E-state index in [9.17, 15) is 28.8 Å². The number of unbranched alkanes of at least 4 members (excludes halogenated alkanes) is 1. The van der Waals surface area contributed by atoms with Crippen LogP contribution in [0.5, 0.6) is 0 Å². The Balaban J connectivity index is 1.11. The third kappa shape index (κ3) is 6.28. The fourth-order valence-corrected chi connectivity index (χ4v) is 4.22. The van der Waals surface area contributed by atoms with Crippen LogP contribution < -0.4 is 31.5 Å².